The first-order valence-corrected chi connectivity index (χ1v) is 6.98. The SMILES string of the molecule is Fc1cc(CNc2ccc(Cl)c(Br)c2)cc(C(F)(F)F)c1. The summed E-state index contributed by atoms with van der Waals surface area (Å²) in [4.78, 5) is 0. The molecular weight excluding hydrogens is 374 g/mol. The topological polar surface area (TPSA) is 12.0 Å². The number of halogens is 6. The first-order valence-electron chi connectivity index (χ1n) is 5.81. The third-order valence-corrected chi connectivity index (χ3v) is 3.92. The summed E-state index contributed by atoms with van der Waals surface area (Å²) in [6, 6.07) is 7.46. The van der Waals surface area contributed by atoms with E-state index in [0.717, 1.165) is 12.1 Å². The van der Waals surface area contributed by atoms with Crippen molar-refractivity contribution in [2.24, 2.45) is 0 Å². The Kier molecular flexibility index (Phi) is 4.78. The number of hydrogen-bond donors (Lipinski definition) is 1. The molecule has 2 aromatic rings. The van der Waals surface area contributed by atoms with Gasteiger partial charge in [0.1, 0.15) is 5.82 Å². The van der Waals surface area contributed by atoms with Crippen molar-refractivity contribution in [2.45, 2.75) is 12.7 Å². The summed E-state index contributed by atoms with van der Waals surface area (Å²) >= 11 is 9.08. The van der Waals surface area contributed by atoms with E-state index >= 15 is 0 Å². The fourth-order valence-corrected chi connectivity index (χ4v) is 2.22. The van der Waals surface area contributed by atoms with Crippen LogP contribution in [0.2, 0.25) is 5.02 Å². The molecule has 0 fully saturated rings. The molecule has 7 heteroatoms. The smallest absolute Gasteiger partial charge is 0.381 e. The van der Waals surface area contributed by atoms with Crippen molar-refractivity contribution < 1.29 is 17.6 Å². The van der Waals surface area contributed by atoms with Crippen molar-refractivity contribution in [3.8, 4) is 0 Å². The molecule has 0 aromatic heterocycles. The molecule has 0 atom stereocenters. The minimum Gasteiger partial charge on any atom is -0.381 e. The summed E-state index contributed by atoms with van der Waals surface area (Å²) in [7, 11) is 0. The van der Waals surface area contributed by atoms with Gasteiger partial charge in [0.15, 0.2) is 0 Å². The number of benzene rings is 2. The van der Waals surface area contributed by atoms with E-state index in [2.05, 4.69) is 21.2 Å². The van der Waals surface area contributed by atoms with Crippen molar-refractivity contribution in [1.82, 2.24) is 0 Å². The third-order valence-electron chi connectivity index (χ3n) is 2.70. The fraction of sp³-hybridized carbons (Fsp3) is 0.143. The van der Waals surface area contributed by atoms with Gasteiger partial charge in [0.25, 0.3) is 0 Å². The van der Waals surface area contributed by atoms with Gasteiger partial charge in [-0.25, -0.2) is 4.39 Å². The lowest BCUT2D eigenvalue weighted by atomic mass is 10.1. The van der Waals surface area contributed by atoms with Crippen LogP contribution < -0.4 is 5.32 Å². The van der Waals surface area contributed by atoms with Gasteiger partial charge in [0.05, 0.1) is 10.6 Å². The molecule has 0 unspecified atom stereocenters. The first-order chi connectivity index (χ1) is 9.75. The molecule has 0 aliphatic heterocycles. The minimum atomic E-state index is -4.57. The highest BCUT2D eigenvalue weighted by molar-refractivity contribution is 9.10. The molecule has 2 rings (SSSR count). The number of rotatable bonds is 3. The van der Waals surface area contributed by atoms with Gasteiger partial charge < -0.3 is 5.32 Å². The van der Waals surface area contributed by atoms with E-state index in [-0.39, 0.29) is 12.1 Å². The van der Waals surface area contributed by atoms with E-state index < -0.39 is 17.6 Å². The van der Waals surface area contributed by atoms with Crippen molar-refractivity contribution in [1.29, 1.82) is 0 Å². The summed E-state index contributed by atoms with van der Waals surface area (Å²) in [5, 5.41) is 3.43. The molecule has 21 heavy (non-hydrogen) atoms. The molecule has 0 amide bonds. The van der Waals surface area contributed by atoms with Gasteiger partial charge in [-0.1, -0.05) is 11.6 Å². The molecule has 0 saturated heterocycles. The lowest BCUT2D eigenvalue weighted by Gasteiger charge is -2.11. The Balaban J connectivity index is 2.16. The van der Waals surface area contributed by atoms with E-state index in [9.17, 15) is 17.6 Å². The molecule has 2 aromatic carbocycles. The van der Waals surface area contributed by atoms with E-state index in [1.807, 2.05) is 0 Å². The molecule has 0 spiro atoms. The summed E-state index contributed by atoms with van der Waals surface area (Å²) in [6.45, 7) is 0.0644. The van der Waals surface area contributed by atoms with E-state index in [1.165, 1.54) is 0 Å². The molecule has 1 N–H and O–H groups in total. The van der Waals surface area contributed by atoms with Gasteiger partial charge in [-0.2, -0.15) is 13.2 Å². The second-order valence-electron chi connectivity index (χ2n) is 4.33. The van der Waals surface area contributed by atoms with Gasteiger partial charge >= 0.3 is 6.18 Å². The van der Waals surface area contributed by atoms with Gasteiger partial charge in [-0.05, 0) is 57.9 Å². The first kappa shape index (κ1) is 16.1. The maximum Gasteiger partial charge on any atom is 0.416 e. The van der Waals surface area contributed by atoms with Gasteiger partial charge in [-0.15, -0.1) is 0 Å². The fourth-order valence-electron chi connectivity index (χ4n) is 1.73. The maximum atomic E-state index is 13.2. The Morgan fingerprint density at radius 1 is 1.10 bits per heavy atom. The van der Waals surface area contributed by atoms with Crippen LogP contribution in [0.4, 0.5) is 23.2 Å². The monoisotopic (exact) mass is 381 g/mol. The summed E-state index contributed by atoms with van der Waals surface area (Å²) in [6.07, 6.45) is -4.57. The number of alkyl halides is 3. The highest BCUT2D eigenvalue weighted by Crippen LogP contribution is 2.31. The average molecular weight is 383 g/mol. The molecule has 0 saturated carbocycles. The average Bonchev–Trinajstić information content (AvgIpc) is 2.38. The van der Waals surface area contributed by atoms with Gasteiger partial charge in [-0.3, -0.25) is 0 Å². The molecule has 112 valence electrons. The maximum absolute atomic E-state index is 13.2. The number of anilines is 1. The molecule has 0 heterocycles. The normalized spacial score (nSPS) is 11.5. The lowest BCUT2D eigenvalue weighted by molar-refractivity contribution is -0.137. The third kappa shape index (κ3) is 4.35. The molecular formula is C14H9BrClF4N. The van der Waals surface area contributed by atoms with E-state index in [0.29, 0.717) is 21.2 Å². The lowest BCUT2D eigenvalue weighted by Crippen LogP contribution is -2.08. The largest absolute Gasteiger partial charge is 0.416 e. The van der Waals surface area contributed by atoms with Gasteiger partial charge in [0, 0.05) is 16.7 Å². The summed E-state index contributed by atoms with van der Waals surface area (Å²) in [5.74, 6) is -0.918. The Bertz CT molecular complexity index is 658. The Morgan fingerprint density at radius 3 is 2.43 bits per heavy atom. The van der Waals surface area contributed by atoms with Crippen LogP contribution in [0.15, 0.2) is 40.9 Å². The molecule has 0 aliphatic rings. The minimum absolute atomic E-state index is 0.0644. The predicted molar refractivity (Wildman–Crippen MR) is 77.9 cm³/mol. The Labute approximate surface area is 132 Å². The van der Waals surface area contributed by atoms with Crippen molar-refractivity contribution in [3.05, 3.63) is 62.8 Å². The van der Waals surface area contributed by atoms with Crippen molar-refractivity contribution >= 4 is 33.2 Å². The van der Waals surface area contributed by atoms with Crippen LogP contribution in [-0.4, -0.2) is 0 Å². The number of nitrogens with one attached hydrogen (secondary N) is 1. The Hall–Kier alpha value is -1.27. The molecule has 0 aliphatic carbocycles. The summed E-state index contributed by atoms with van der Waals surface area (Å²) < 4.78 is 51.7. The standard InChI is InChI=1S/C14H9BrClF4N/c15-12-6-11(1-2-13(12)16)21-7-8-3-9(14(18,19)20)5-10(17)4-8/h1-6,21H,7H2. The number of hydrogen-bond acceptors (Lipinski definition) is 1. The van der Waals surface area contributed by atoms with Crippen LogP contribution in [0.25, 0.3) is 0 Å². The van der Waals surface area contributed by atoms with Crippen LogP contribution in [0.3, 0.4) is 0 Å². The second kappa shape index (κ2) is 6.23. The zero-order chi connectivity index (χ0) is 15.6. The highest BCUT2D eigenvalue weighted by atomic mass is 79.9. The van der Waals surface area contributed by atoms with Gasteiger partial charge in [0.2, 0.25) is 0 Å². The quantitative estimate of drug-likeness (QED) is 0.654. The highest BCUT2D eigenvalue weighted by Gasteiger charge is 2.31. The van der Waals surface area contributed by atoms with Crippen LogP contribution >= 0.6 is 27.5 Å². The van der Waals surface area contributed by atoms with Crippen LogP contribution in [-0.2, 0) is 12.7 Å². The van der Waals surface area contributed by atoms with E-state index in [4.69, 9.17) is 11.6 Å². The zero-order valence-electron chi connectivity index (χ0n) is 10.4. The zero-order valence-corrected chi connectivity index (χ0v) is 12.8. The molecule has 0 bridgehead atoms. The molecule has 1 nitrogen and oxygen atoms in total. The van der Waals surface area contributed by atoms with Crippen molar-refractivity contribution in [3.63, 3.8) is 0 Å². The second-order valence-corrected chi connectivity index (χ2v) is 5.59. The van der Waals surface area contributed by atoms with Crippen LogP contribution in [0, 0.1) is 5.82 Å². The Morgan fingerprint density at radius 2 is 1.81 bits per heavy atom. The van der Waals surface area contributed by atoms with Crippen LogP contribution in [0.5, 0.6) is 0 Å². The predicted octanol–water partition coefficient (Wildman–Crippen LogP) is 5.87. The molecule has 0 radical (unpaired) electrons. The summed E-state index contributed by atoms with van der Waals surface area (Å²) in [5.41, 5.74) is -0.144. The van der Waals surface area contributed by atoms with Crippen molar-refractivity contribution in [2.75, 3.05) is 5.32 Å². The van der Waals surface area contributed by atoms with E-state index in [1.54, 1.807) is 18.2 Å². The van der Waals surface area contributed by atoms with Crippen LogP contribution in [0.1, 0.15) is 11.1 Å².